The summed E-state index contributed by atoms with van der Waals surface area (Å²) in [5, 5.41) is 30.7. The van der Waals surface area contributed by atoms with Crippen LogP contribution in [0, 0.1) is 5.92 Å². The van der Waals surface area contributed by atoms with Gasteiger partial charge in [-0.1, -0.05) is 13.8 Å². The smallest absolute Gasteiger partial charge is 0.0928 e. The van der Waals surface area contributed by atoms with Crippen molar-refractivity contribution in [3.8, 4) is 0 Å². The fourth-order valence-electron chi connectivity index (χ4n) is 4.13. The third-order valence-corrected chi connectivity index (χ3v) is 5.76. The fourth-order valence-corrected chi connectivity index (χ4v) is 4.38. The van der Waals surface area contributed by atoms with Gasteiger partial charge in [-0.25, -0.2) is 0 Å². The molecule has 1 aliphatic rings. The van der Waals surface area contributed by atoms with Gasteiger partial charge in [0.15, 0.2) is 0 Å². The second-order valence-corrected chi connectivity index (χ2v) is 8.17. The summed E-state index contributed by atoms with van der Waals surface area (Å²) in [5.74, 6) is 0.221. The Labute approximate surface area is 159 Å². The van der Waals surface area contributed by atoms with E-state index < -0.39 is 5.60 Å². The Bertz CT molecular complexity index is 309. The minimum Gasteiger partial charge on any atom is -0.395 e. The minimum atomic E-state index is -0.828. The SMILES string of the molecule is CCCN(CCO)CC(O)(CN(CCC)CCO)C1CCC(Cl)CC1. The Morgan fingerprint density at radius 2 is 1.28 bits per heavy atom. The summed E-state index contributed by atoms with van der Waals surface area (Å²) in [4.78, 5) is 4.35. The highest BCUT2D eigenvalue weighted by atomic mass is 35.5. The molecule has 0 aromatic carbocycles. The zero-order valence-electron chi connectivity index (χ0n) is 16.2. The Morgan fingerprint density at radius 3 is 1.64 bits per heavy atom. The molecule has 0 spiro atoms. The van der Waals surface area contributed by atoms with Gasteiger partial charge in [0.2, 0.25) is 0 Å². The fraction of sp³-hybridized carbons (Fsp3) is 1.00. The van der Waals surface area contributed by atoms with Crippen molar-refractivity contribution in [2.24, 2.45) is 5.92 Å². The van der Waals surface area contributed by atoms with Crippen LogP contribution in [-0.2, 0) is 0 Å². The number of hydrogen-bond donors (Lipinski definition) is 3. The van der Waals surface area contributed by atoms with E-state index in [0.717, 1.165) is 51.6 Å². The van der Waals surface area contributed by atoms with Crippen LogP contribution in [0.1, 0.15) is 52.4 Å². The summed E-state index contributed by atoms with van der Waals surface area (Å²) in [6.45, 7) is 8.55. The van der Waals surface area contributed by atoms with Crippen LogP contribution in [0.3, 0.4) is 0 Å². The number of halogens is 1. The topological polar surface area (TPSA) is 67.2 Å². The maximum atomic E-state index is 11.7. The van der Waals surface area contributed by atoms with Gasteiger partial charge in [-0.2, -0.15) is 0 Å². The van der Waals surface area contributed by atoms with Gasteiger partial charge < -0.3 is 15.3 Å². The summed E-state index contributed by atoms with van der Waals surface area (Å²) >= 11 is 6.27. The molecular formula is C19H39ClN2O3. The lowest BCUT2D eigenvalue weighted by atomic mass is 9.76. The summed E-state index contributed by atoms with van der Waals surface area (Å²) < 4.78 is 0. The van der Waals surface area contributed by atoms with E-state index in [9.17, 15) is 15.3 Å². The van der Waals surface area contributed by atoms with E-state index in [-0.39, 0.29) is 24.5 Å². The van der Waals surface area contributed by atoms with Gasteiger partial charge in [0.05, 0.1) is 18.8 Å². The van der Waals surface area contributed by atoms with Gasteiger partial charge in [-0.15, -0.1) is 11.6 Å². The molecule has 3 N–H and O–H groups in total. The summed E-state index contributed by atoms with van der Waals surface area (Å²) in [6, 6.07) is 0. The monoisotopic (exact) mass is 378 g/mol. The van der Waals surface area contributed by atoms with Crippen molar-refractivity contribution in [3.05, 3.63) is 0 Å². The second kappa shape index (κ2) is 12.5. The predicted octanol–water partition coefficient (Wildman–Crippen LogP) is 1.92. The van der Waals surface area contributed by atoms with Gasteiger partial charge in [0.1, 0.15) is 0 Å². The van der Waals surface area contributed by atoms with E-state index in [1.807, 2.05) is 0 Å². The first-order valence-electron chi connectivity index (χ1n) is 10.0. The van der Waals surface area contributed by atoms with Crippen LogP contribution < -0.4 is 0 Å². The molecular weight excluding hydrogens is 340 g/mol. The molecule has 150 valence electrons. The molecule has 0 bridgehead atoms. The van der Waals surface area contributed by atoms with E-state index in [0.29, 0.717) is 26.2 Å². The van der Waals surface area contributed by atoms with Crippen LogP contribution in [0.5, 0.6) is 0 Å². The van der Waals surface area contributed by atoms with Gasteiger partial charge in [0, 0.05) is 31.6 Å². The van der Waals surface area contributed by atoms with Crippen molar-refractivity contribution >= 4 is 11.6 Å². The maximum absolute atomic E-state index is 11.7. The molecule has 0 amide bonds. The lowest BCUT2D eigenvalue weighted by Gasteiger charge is -2.44. The molecule has 5 nitrogen and oxygen atoms in total. The standard InChI is InChI=1S/C19H39ClN2O3/c1-3-9-21(11-13-23)15-19(25,16-22(10-4-2)12-14-24)17-5-7-18(20)8-6-17/h17-18,23-25H,3-16H2,1-2H3. The number of rotatable bonds is 13. The number of nitrogens with zero attached hydrogens (tertiary/aromatic N) is 2. The molecule has 0 saturated heterocycles. The third kappa shape index (κ3) is 8.10. The molecule has 1 fully saturated rings. The van der Waals surface area contributed by atoms with Crippen molar-refractivity contribution in [3.63, 3.8) is 0 Å². The van der Waals surface area contributed by atoms with Crippen molar-refractivity contribution in [2.45, 2.75) is 63.4 Å². The molecule has 1 rings (SSSR count). The van der Waals surface area contributed by atoms with E-state index in [1.165, 1.54) is 0 Å². The lowest BCUT2D eigenvalue weighted by molar-refractivity contribution is -0.0809. The summed E-state index contributed by atoms with van der Waals surface area (Å²) in [5.41, 5.74) is -0.828. The van der Waals surface area contributed by atoms with Gasteiger partial charge in [-0.3, -0.25) is 9.80 Å². The summed E-state index contributed by atoms with van der Waals surface area (Å²) in [7, 11) is 0. The Balaban J connectivity index is 2.89. The first-order chi connectivity index (χ1) is 12.0. The number of alkyl halides is 1. The van der Waals surface area contributed by atoms with E-state index in [4.69, 9.17) is 11.6 Å². The largest absolute Gasteiger partial charge is 0.395 e. The zero-order valence-corrected chi connectivity index (χ0v) is 16.9. The average molecular weight is 379 g/mol. The van der Waals surface area contributed by atoms with Crippen LogP contribution in [0.25, 0.3) is 0 Å². The molecule has 6 heteroatoms. The van der Waals surface area contributed by atoms with E-state index >= 15 is 0 Å². The molecule has 0 aromatic rings. The lowest BCUT2D eigenvalue weighted by Crippen LogP contribution is -2.57. The third-order valence-electron chi connectivity index (χ3n) is 5.32. The number of aliphatic hydroxyl groups is 3. The normalized spacial score (nSPS) is 22.1. The molecule has 1 aliphatic carbocycles. The highest BCUT2D eigenvalue weighted by molar-refractivity contribution is 6.20. The van der Waals surface area contributed by atoms with Crippen LogP contribution in [0.2, 0.25) is 0 Å². The Morgan fingerprint density at radius 1 is 0.840 bits per heavy atom. The van der Waals surface area contributed by atoms with Crippen LogP contribution in [0.4, 0.5) is 0 Å². The van der Waals surface area contributed by atoms with Crippen LogP contribution in [0.15, 0.2) is 0 Å². The summed E-state index contributed by atoms with van der Waals surface area (Å²) in [6.07, 6.45) is 5.80. The highest BCUT2D eigenvalue weighted by Gasteiger charge is 2.41. The first kappa shape index (κ1) is 23.1. The number of aliphatic hydroxyl groups excluding tert-OH is 2. The van der Waals surface area contributed by atoms with Crippen molar-refractivity contribution < 1.29 is 15.3 Å². The van der Waals surface area contributed by atoms with Gasteiger partial charge in [0.25, 0.3) is 0 Å². The first-order valence-corrected chi connectivity index (χ1v) is 10.5. The Hall–Kier alpha value is 0.0900. The predicted molar refractivity (Wildman–Crippen MR) is 104 cm³/mol. The van der Waals surface area contributed by atoms with Crippen LogP contribution >= 0.6 is 11.6 Å². The van der Waals surface area contributed by atoms with Crippen molar-refractivity contribution in [1.29, 1.82) is 0 Å². The molecule has 0 aliphatic heterocycles. The van der Waals surface area contributed by atoms with Crippen molar-refractivity contribution in [1.82, 2.24) is 9.80 Å². The molecule has 0 aromatic heterocycles. The number of hydrogen-bond acceptors (Lipinski definition) is 5. The zero-order chi connectivity index (χ0) is 18.7. The van der Waals surface area contributed by atoms with E-state index in [2.05, 4.69) is 23.6 Å². The maximum Gasteiger partial charge on any atom is 0.0928 e. The average Bonchev–Trinajstić information content (AvgIpc) is 2.56. The van der Waals surface area contributed by atoms with Gasteiger partial charge in [-0.05, 0) is 57.5 Å². The molecule has 1 saturated carbocycles. The molecule has 0 heterocycles. The highest BCUT2D eigenvalue weighted by Crippen LogP contribution is 2.36. The molecule has 0 unspecified atom stereocenters. The minimum absolute atomic E-state index is 0.111. The van der Waals surface area contributed by atoms with Crippen LogP contribution in [-0.4, -0.2) is 88.6 Å². The van der Waals surface area contributed by atoms with Gasteiger partial charge >= 0.3 is 0 Å². The second-order valence-electron chi connectivity index (χ2n) is 7.55. The molecule has 0 atom stereocenters. The quantitative estimate of drug-likeness (QED) is 0.427. The van der Waals surface area contributed by atoms with E-state index in [1.54, 1.807) is 0 Å². The Kier molecular flexibility index (Phi) is 11.5. The molecule has 0 radical (unpaired) electrons. The molecule has 25 heavy (non-hydrogen) atoms. The van der Waals surface area contributed by atoms with Crippen molar-refractivity contribution in [2.75, 3.05) is 52.5 Å².